The molecule has 0 spiro atoms. The van der Waals surface area contributed by atoms with Gasteiger partial charge in [0.1, 0.15) is 6.61 Å². The van der Waals surface area contributed by atoms with Crippen molar-refractivity contribution in [1.82, 2.24) is 20.1 Å². The predicted octanol–water partition coefficient (Wildman–Crippen LogP) is 0.223. The van der Waals surface area contributed by atoms with E-state index in [2.05, 4.69) is 10.3 Å². The molecule has 3 rings (SSSR count). The van der Waals surface area contributed by atoms with Crippen LogP contribution in [0.5, 0.6) is 0 Å². The Balaban J connectivity index is 1.72. The Morgan fingerprint density at radius 1 is 1.45 bits per heavy atom. The summed E-state index contributed by atoms with van der Waals surface area (Å²) in [4.78, 5) is 32.0. The summed E-state index contributed by atoms with van der Waals surface area (Å²) in [5.41, 5.74) is 0.841. The van der Waals surface area contributed by atoms with E-state index in [0.717, 1.165) is 5.69 Å². The van der Waals surface area contributed by atoms with Crippen LogP contribution in [0.3, 0.4) is 0 Å². The van der Waals surface area contributed by atoms with Crippen LogP contribution < -0.4 is 5.32 Å². The number of carbonyl (C=O) groups excluding carboxylic acids is 2. The highest BCUT2D eigenvalue weighted by Crippen LogP contribution is 2.24. The summed E-state index contributed by atoms with van der Waals surface area (Å²) in [6, 6.07) is 5.44. The highest BCUT2D eigenvalue weighted by molar-refractivity contribution is 5.79. The number of hydrogen-bond acceptors (Lipinski definition) is 4. The molecule has 1 aromatic rings. The van der Waals surface area contributed by atoms with Crippen LogP contribution >= 0.6 is 0 Å². The summed E-state index contributed by atoms with van der Waals surface area (Å²) >= 11 is 0. The summed E-state index contributed by atoms with van der Waals surface area (Å²) in [6.07, 6.45) is 1.59. The minimum Gasteiger partial charge on any atom is -0.364 e. The molecule has 1 aromatic heterocycles. The lowest BCUT2D eigenvalue weighted by Crippen LogP contribution is -2.53. The molecule has 3 heterocycles. The summed E-state index contributed by atoms with van der Waals surface area (Å²) in [5, 5.41) is 2.79. The minimum atomic E-state index is -0.121. The van der Waals surface area contributed by atoms with Crippen molar-refractivity contribution in [3.63, 3.8) is 0 Å². The first-order chi connectivity index (χ1) is 10.7. The molecule has 2 fully saturated rings. The Kier molecular flexibility index (Phi) is 4.24. The van der Waals surface area contributed by atoms with Gasteiger partial charge >= 0.3 is 6.03 Å². The van der Waals surface area contributed by atoms with Crippen molar-refractivity contribution in [2.24, 2.45) is 0 Å². The number of nitrogens with one attached hydrogen (secondary N) is 1. The first-order valence-corrected chi connectivity index (χ1v) is 7.52. The number of rotatable bonds is 3. The smallest absolute Gasteiger partial charge is 0.317 e. The maximum atomic E-state index is 12.2. The third kappa shape index (κ3) is 2.89. The summed E-state index contributed by atoms with van der Waals surface area (Å²) in [7, 11) is 0. The third-order valence-electron chi connectivity index (χ3n) is 4.05. The molecule has 2 atom stereocenters. The average Bonchev–Trinajstić information content (AvgIpc) is 2.96. The van der Waals surface area contributed by atoms with Gasteiger partial charge in [-0.2, -0.15) is 0 Å². The molecule has 0 radical (unpaired) electrons. The molecular weight excluding hydrogens is 284 g/mol. The second-order valence-electron chi connectivity index (χ2n) is 5.50. The average molecular weight is 304 g/mol. The van der Waals surface area contributed by atoms with Gasteiger partial charge in [0, 0.05) is 19.3 Å². The number of pyridine rings is 1. The van der Waals surface area contributed by atoms with Gasteiger partial charge in [0.25, 0.3) is 0 Å². The van der Waals surface area contributed by atoms with Gasteiger partial charge in [-0.15, -0.1) is 0 Å². The van der Waals surface area contributed by atoms with Crippen LogP contribution in [0.25, 0.3) is 0 Å². The number of fused-ring (bicyclic) bond motifs is 1. The van der Waals surface area contributed by atoms with Gasteiger partial charge in [-0.25, -0.2) is 4.79 Å². The van der Waals surface area contributed by atoms with E-state index < -0.39 is 0 Å². The lowest BCUT2D eigenvalue weighted by molar-refractivity contribution is -0.154. The number of nitrogens with zero attached hydrogens (tertiary/aromatic N) is 3. The van der Waals surface area contributed by atoms with Crippen molar-refractivity contribution >= 4 is 11.9 Å². The number of urea groups is 1. The summed E-state index contributed by atoms with van der Waals surface area (Å²) in [5.74, 6) is -0.0512. The topological polar surface area (TPSA) is 74.8 Å². The van der Waals surface area contributed by atoms with Crippen molar-refractivity contribution < 1.29 is 14.3 Å². The SMILES string of the molecule is CCNC(=O)N1CC2OCC(=O)N(Cc3ccccn3)C2C1. The van der Waals surface area contributed by atoms with E-state index >= 15 is 0 Å². The molecule has 2 saturated heterocycles. The normalized spacial score (nSPS) is 24.3. The monoisotopic (exact) mass is 304 g/mol. The Bertz CT molecular complexity index is 551. The molecular formula is C15H20N4O3. The first kappa shape index (κ1) is 14.8. The van der Waals surface area contributed by atoms with Crippen LogP contribution in [0.4, 0.5) is 4.79 Å². The van der Waals surface area contributed by atoms with Crippen LogP contribution in [0.1, 0.15) is 12.6 Å². The molecule has 2 aliphatic rings. The van der Waals surface area contributed by atoms with E-state index in [1.165, 1.54) is 0 Å². The Morgan fingerprint density at radius 3 is 3.05 bits per heavy atom. The van der Waals surface area contributed by atoms with Crippen LogP contribution in [-0.2, 0) is 16.1 Å². The van der Waals surface area contributed by atoms with E-state index in [4.69, 9.17) is 4.74 Å². The van der Waals surface area contributed by atoms with Crippen molar-refractivity contribution in [2.75, 3.05) is 26.2 Å². The highest BCUT2D eigenvalue weighted by Gasteiger charge is 2.44. The van der Waals surface area contributed by atoms with Crippen LogP contribution in [0, 0.1) is 0 Å². The predicted molar refractivity (Wildman–Crippen MR) is 79.0 cm³/mol. The Morgan fingerprint density at radius 2 is 2.32 bits per heavy atom. The molecule has 0 aliphatic carbocycles. The van der Waals surface area contributed by atoms with Crippen molar-refractivity contribution in [3.05, 3.63) is 30.1 Å². The number of hydrogen-bond donors (Lipinski definition) is 1. The molecule has 2 aliphatic heterocycles. The van der Waals surface area contributed by atoms with Crippen LogP contribution in [0.15, 0.2) is 24.4 Å². The van der Waals surface area contributed by atoms with Crippen molar-refractivity contribution in [1.29, 1.82) is 0 Å². The lowest BCUT2D eigenvalue weighted by atomic mass is 10.1. The van der Waals surface area contributed by atoms with Gasteiger partial charge in [0.15, 0.2) is 0 Å². The standard InChI is InChI=1S/C15H20N4O3/c1-2-16-15(21)18-8-12-13(9-18)22-10-14(20)19(12)7-11-5-3-4-6-17-11/h3-6,12-13H,2,7-10H2,1H3,(H,16,21). The molecule has 7 heteroatoms. The number of carbonyl (C=O) groups is 2. The van der Waals surface area contributed by atoms with Gasteiger partial charge in [-0.3, -0.25) is 9.78 Å². The number of likely N-dealkylation sites (tertiary alicyclic amines) is 1. The lowest BCUT2D eigenvalue weighted by Gasteiger charge is -2.36. The van der Waals surface area contributed by atoms with Gasteiger partial charge in [0.2, 0.25) is 5.91 Å². The summed E-state index contributed by atoms with van der Waals surface area (Å²) < 4.78 is 5.61. The Hall–Kier alpha value is -2.15. The zero-order valence-corrected chi connectivity index (χ0v) is 12.6. The molecule has 0 saturated carbocycles. The van der Waals surface area contributed by atoms with Gasteiger partial charge in [-0.1, -0.05) is 6.07 Å². The highest BCUT2D eigenvalue weighted by atomic mass is 16.5. The van der Waals surface area contributed by atoms with E-state index in [0.29, 0.717) is 26.2 Å². The zero-order valence-electron chi connectivity index (χ0n) is 12.6. The third-order valence-corrected chi connectivity index (χ3v) is 4.05. The maximum absolute atomic E-state index is 12.2. The minimum absolute atomic E-state index is 0.0512. The number of morpholine rings is 1. The van der Waals surface area contributed by atoms with E-state index in [-0.39, 0.29) is 30.7 Å². The fourth-order valence-electron chi connectivity index (χ4n) is 2.97. The van der Waals surface area contributed by atoms with E-state index in [1.54, 1.807) is 16.0 Å². The van der Waals surface area contributed by atoms with Crippen LogP contribution in [0.2, 0.25) is 0 Å². The van der Waals surface area contributed by atoms with Gasteiger partial charge in [0.05, 0.1) is 30.9 Å². The van der Waals surface area contributed by atoms with Gasteiger partial charge in [-0.05, 0) is 19.1 Å². The molecule has 0 aromatic carbocycles. The molecule has 2 unspecified atom stereocenters. The first-order valence-electron chi connectivity index (χ1n) is 7.52. The van der Waals surface area contributed by atoms with Crippen molar-refractivity contribution in [3.8, 4) is 0 Å². The van der Waals surface area contributed by atoms with Crippen LogP contribution in [-0.4, -0.2) is 65.1 Å². The van der Waals surface area contributed by atoms with Gasteiger partial charge < -0.3 is 19.9 Å². The number of aromatic nitrogens is 1. The molecule has 3 amide bonds. The zero-order chi connectivity index (χ0) is 15.5. The van der Waals surface area contributed by atoms with Crippen molar-refractivity contribution in [2.45, 2.75) is 25.6 Å². The quantitative estimate of drug-likeness (QED) is 0.867. The molecule has 118 valence electrons. The fraction of sp³-hybridized carbons (Fsp3) is 0.533. The fourth-order valence-corrected chi connectivity index (χ4v) is 2.97. The molecule has 7 nitrogen and oxygen atoms in total. The summed E-state index contributed by atoms with van der Waals surface area (Å²) in [6.45, 7) is 4.00. The second-order valence-corrected chi connectivity index (χ2v) is 5.50. The Labute approximate surface area is 129 Å². The maximum Gasteiger partial charge on any atom is 0.317 e. The molecule has 22 heavy (non-hydrogen) atoms. The van der Waals surface area contributed by atoms with E-state index in [9.17, 15) is 9.59 Å². The largest absolute Gasteiger partial charge is 0.364 e. The second kappa shape index (κ2) is 6.31. The molecule has 1 N–H and O–H groups in total. The number of amides is 3. The molecule has 0 bridgehead atoms. The number of ether oxygens (including phenoxy) is 1. The van der Waals surface area contributed by atoms with E-state index in [1.807, 2.05) is 25.1 Å².